The molecule has 2 heterocycles. The van der Waals surface area contributed by atoms with Crippen molar-refractivity contribution in [2.24, 2.45) is 0 Å². The normalized spacial score (nSPS) is 14.9. The highest BCUT2D eigenvalue weighted by atomic mass is 16.6. The molecule has 0 radical (unpaired) electrons. The Kier molecular flexibility index (Phi) is 9.37. The van der Waals surface area contributed by atoms with Gasteiger partial charge in [0.05, 0.1) is 11.0 Å². The molecule has 3 N–H and O–H groups in total. The number of hydrogen-bond acceptors (Lipinski definition) is 5. The van der Waals surface area contributed by atoms with Crippen molar-refractivity contribution < 1.29 is 19.1 Å². The number of likely N-dealkylation sites (tertiary alicyclic amines) is 1. The Labute approximate surface area is 269 Å². The summed E-state index contributed by atoms with van der Waals surface area (Å²) in [5.74, 6) is -0.712. The maximum atomic E-state index is 14.1. The molecule has 1 aliphatic heterocycles. The Bertz CT molecular complexity index is 1740. The Morgan fingerprint density at radius 3 is 2.13 bits per heavy atom. The van der Waals surface area contributed by atoms with E-state index in [1.807, 2.05) is 78.9 Å². The van der Waals surface area contributed by atoms with Crippen molar-refractivity contribution in [1.82, 2.24) is 25.1 Å². The SMILES string of the molecule is CC(C)(C)OC(=O)NC(C)(C)C(=O)NC(Cc1ccc(-c2ccccc2)cc1)C(=O)N1CCC(n2c(=O)[nH]c3ccccc32)CC1. The third-order valence-electron chi connectivity index (χ3n) is 8.25. The lowest BCUT2D eigenvalue weighted by Gasteiger charge is -2.36. The smallest absolute Gasteiger partial charge is 0.408 e. The van der Waals surface area contributed by atoms with E-state index in [0.29, 0.717) is 25.9 Å². The van der Waals surface area contributed by atoms with E-state index in [4.69, 9.17) is 4.74 Å². The minimum absolute atomic E-state index is 0.0526. The van der Waals surface area contributed by atoms with Gasteiger partial charge in [0.15, 0.2) is 0 Å². The van der Waals surface area contributed by atoms with Gasteiger partial charge in [0.25, 0.3) is 0 Å². The zero-order valence-electron chi connectivity index (χ0n) is 27.1. The molecule has 0 saturated carbocycles. The summed E-state index contributed by atoms with van der Waals surface area (Å²) in [7, 11) is 0. The van der Waals surface area contributed by atoms with Crippen LogP contribution in [0.3, 0.4) is 0 Å². The van der Waals surface area contributed by atoms with E-state index in [2.05, 4.69) is 15.6 Å². The van der Waals surface area contributed by atoms with Crippen molar-refractivity contribution >= 4 is 28.9 Å². The summed E-state index contributed by atoms with van der Waals surface area (Å²) in [4.78, 5) is 57.6. The fourth-order valence-corrected chi connectivity index (χ4v) is 5.86. The quantitative estimate of drug-likeness (QED) is 0.249. The van der Waals surface area contributed by atoms with Crippen molar-refractivity contribution in [3.05, 3.63) is 94.9 Å². The molecular weight excluding hydrogens is 582 g/mol. The lowest BCUT2D eigenvalue weighted by Crippen LogP contribution is -2.60. The highest BCUT2D eigenvalue weighted by Crippen LogP contribution is 2.26. The molecule has 0 aliphatic carbocycles. The molecule has 0 spiro atoms. The van der Waals surface area contributed by atoms with E-state index in [1.165, 1.54) is 0 Å². The molecule has 1 atom stereocenters. The van der Waals surface area contributed by atoms with Gasteiger partial charge in [-0.05, 0) is 76.3 Å². The second-order valence-electron chi connectivity index (χ2n) is 13.4. The van der Waals surface area contributed by atoms with Gasteiger partial charge >= 0.3 is 11.8 Å². The summed E-state index contributed by atoms with van der Waals surface area (Å²) >= 11 is 0. The van der Waals surface area contributed by atoms with Crippen molar-refractivity contribution in [3.8, 4) is 11.1 Å². The molecule has 5 rings (SSSR count). The van der Waals surface area contributed by atoms with Crippen LogP contribution < -0.4 is 16.3 Å². The van der Waals surface area contributed by atoms with Gasteiger partial charge in [-0.2, -0.15) is 0 Å². The Hall–Kier alpha value is -4.86. The van der Waals surface area contributed by atoms with Crippen LogP contribution in [0.15, 0.2) is 83.7 Å². The molecule has 1 unspecified atom stereocenters. The molecule has 1 saturated heterocycles. The van der Waals surface area contributed by atoms with Crippen LogP contribution in [-0.2, 0) is 20.7 Å². The van der Waals surface area contributed by atoms with E-state index >= 15 is 0 Å². The van der Waals surface area contributed by atoms with Gasteiger partial charge in [0.2, 0.25) is 11.8 Å². The topological polar surface area (TPSA) is 126 Å². The number of benzene rings is 3. The lowest BCUT2D eigenvalue weighted by atomic mass is 9.97. The van der Waals surface area contributed by atoms with Gasteiger partial charge in [0, 0.05) is 25.6 Å². The molecule has 46 heavy (non-hydrogen) atoms. The summed E-state index contributed by atoms with van der Waals surface area (Å²) in [6.07, 6.45) is 0.753. The number of rotatable bonds is 8. The second kappa shape index (κ2) is 13.2. The fraction of sp³-hybridized carbons (Fsp3) is 0.389. The first-order valence-corrected chi connectivity index (χ1v) is 15.8. The number of H-pyrrole nitrogens is 1. The average molecular weight is 626 g/mol. The molecule has 1 aliphatic rings. The van der Waals surface area contributed by atoms with Crippen LogP contribution in [0.5, 0.6) is 0 Å². The number of nitrogens with zero attached hydrogens (tertiary/aromatic N) is 2. The number of aromatic nitrogens is 2. The molecule has 10 heteroatoms. The summed E-state index contributed by atoms with van der Waals surface area (Å²) in [6, 6.07) is 24.6. The number of para-hydroxylation sites is 2. The number of carbonyl (C=O) groups is 3. The summed E-state index contributed by atoms with van der Waals surface area (Å²) in [5.41, 5.74) is 2.42. The van der Waals surface area contributed by atoms with E-state index in [1.54, 1.807) is 44.1 Å². The number of ether oxygens (including phenoxy) is 1. The maximum absolute atomic E-state index is 14.1. The van der Waals surface area contributed by atoms with Gasteiger partial charge in [-0.1, -0.05) is 66.7 Å². The van der Waals surface area contributed by atoms with Crippen LogP contribution >= 0.6 is 0 Å². The number of amides is 3. The van der Waals surface area contributed by atoms with E-state index in [-0.39, 0.29) is 24.1 Å². The Morgan fingerprint density at radius 1 is 0.870 bits per heavy atom. The minimum Gasteiger partial charge on any atom is -0.444 e. The first kappa shape index (κ1) is 32.5. The number of imidazole rings is 1. The number of hydrogen-bond donors (Lipinski definition) is 3. The largest absolute Gasteiger partial charge is 0.444 e. The standard InChI is InChI=1S/C36H43N5O5/c1-35(2,3)46-34(45)39-36(4,5)32(43)37-29(23-24-15-17-26(18-16-24)25-11-7-6-8-12-25)31(42)40-21-19-27(20-22-40)41-30-14-10-9-13-28(30)38-33(41)44/h6-18,27,29H,19-23H2,1-5H3,(H,37,43)(H,38,44)(H,39,45). The van der Waals surface area contributed by atoms with Crippen LogP contribution in [0.2, 0.25) is 0 Å². The minimum atomic E-state index is -1.35. The third-order valence-corrected chi connectivity index (χ3v) is 8.25. The molecule has 0 bridgehead atoms. The first-order chi connectivity index (χ1) is 21.8. The summed E-state index contributed by atoms with van der Waals surface area (Å²) in [5, 5.41) is 5.56. The van der Waals surface area contributed by atoms with E-state index in [9.17, 15) is 19.2 Å². The van der Waals surface area contributed by atoms with E-state index < -0.39 is 29.2 Å². The molecule has 3 amide bonds. The van der Waals surface area contributed by atoms with Crippen molar-refractivity contribution in [1.29, 1.82) is 0 Å². The fourth-order valence-electron chi connectivity index (χ4n) is 5.86. The van der Waals surface area contributed by atoms with Crippen LogP contribution in [-0.4, -0.2) is 62.6 Å². The van der Waals surface area contributed by atoms with Gasteiger partial charge in [-0.25, -0.2) is 9.59 Å². The predicted molar refractivity (Wildman–Crippen MR) is 178 cm³/mol. The van der Waals surface area contributed by atoms with Crippen LogP contribution in [0.4, 0.5) is 4.79 Å². The van der Waals surface area contributed by atoms with E-state index in [0.717, 1.165) is 27.7 Å². The van der Waals surface area contributed by atoms with Gasteiger partial charge in [0.1, 0.15) is 17.2 Å². The first-order valence-electron chi connectivity index (χ1n) is 15.8. The van der Waals surface area contributed by atoms with Crippen LogP contribution in [0, 0.1) is 0 Å². The Balaban J connectivity index is 1.32. The number of alkyl carbamates (subject to hydrolysis) is 1. The molecule has 242 valence electrons. The van der Waals surface area contributed by atoms with Crippen LogP contribution in [0.25, 0.3) is 22.2 Å². The second-order valence-corrected chi connectivity index (χ2v) is 13.4. The maximum Gasteiger partial charge on any atom is 0.408 e. The number of aromatic amines is 1. The lowest BCUT2D eigenvalue weighted by molar-refractivity contribution is -0.138. The average Bonchev–Trinajstić information content (AvgIpc) is 3.35. The molecular formula is C36H43N5O5. The molecule has 3 aromatic carbocycles. The summed E-state index contributed by atoms with van der Waals surface area (Å²) in [6.45, 7) is 9.27. The van der Waals surface area contributed by atoms with Crippen molar-refractivity contribution in [2.75, 3.05) is 13.1 Å². The van der Waals surface area contributed by atoms with Gasteiger partial charge in [-0.3, -0.25) is 14.2 Å². The zero-order valence-corrected chi connectivity index (χ0v) is 27.1. The molecule has 1 fully saturated rings. The predicted octanol–water partition coefficient (Wildman–Crippen LogP) is 5.19. The monoisotopic (exact) mass is 625 g/mol. The van der Waals surface area contributed by atoms with Gasteiger partial charge in [-0.15, -0.1) is 0 Å². The number of fused-ring (bicyclic) bond motifs is 1. The zero-order chi connectivity index (χ0) is 33.1. The molecule has 1 aromatic heterocycles. The van der Waals surface area contributed by atoms with Crippen LogP contribution in [0.1, 0.15) is 59.1 Å². The number of nitrogens with one attached hydrogen (secondary N) is 3. The number of piperidine rings is 1. The highest BCUT2D eigenvalue weighted by molar-refractivity contribution is 5.93. The molecule has 4 aromatic rings. The third kappa shape index (κ3) is 7.67. The highest BCUT2D eigenvalue weighted by Gasteiger charge is 2.36. The molecule has 10 nitrogen and oxygen atoms in total. The van der Waals surface area contributed by atoms with Gasteiger partial charge < -0.3 is 25.3 Å². The Morgan fingerprint density at radius 2 is 1.48 bits per heavy atom. The van der Waals surface area contributed by atoms with Crippen molar-refractivity contribution in [2.45, 2.75) is 77.1 Å². The summed E-state index contributed by atoms with van der Waals surface area (Å²) < 4.78 is 7.15. The number of carbonyl (C=O) groups excluding carboxylic acids is 3. The van der Waals surface area contributed by atoms with Crippen molar-refractivity contribution in [3.63, 3.8) is 0 Å².